The van der Waals surface area contributed by atoms with E-state index in [1.807, 2.05) is 25.2 Å². The SMILES string of the molecule is CCc1nc2ccc(C(O)CNC)cc2s1. The van der Waals surface area contributed by atoms with Crippen LogP contribution in [-0.2, 0) is 6.42 Å². The van der Waals surface area contributed by atoms with Gasteiger partial charge in [0.1, 0.15) is 0 Å². The smallest absolute Gasteiger partial charge is 0.0935 e. The number of hydrogen-bond donors (Lipinski definition) is 2. The molecule has 4 heteroatoms. The van der Waals surface area contributed by atoms with E-state index in [1.54, 1.807) is 11.3 Å². The predicted molar refractivity (Wildman–Crippen MR) is 67.9 cm³/mol. The van der Waals surface area contributed by atoms with E-state index in [9.17, 15) is 5.11 Å². The first-order chi connectivity index (χ1) is 7.74. The summed E-state index contributed by atoms with van der Waals surface area (Å²) in [4.78, 5) is 4.50. The van der Waals surface area contributed by atoms with Crippen molar-refractivity contribution >= 4 is 21.6 Å². The van der Waals surface area contributed by atoms with Crippen LogP contribution in [0.25, 0.3) is 10.2 Å². The van der Waals surface area contributed by atoms with Crippen LogP contribution in [0.1, 0.15) is 23.6 Å². The molecule has 0 saturated carbocycles. The molecule has 0 aliphatic rings. The highest BCUT2D eigenvalue weighted by atomic mass is 32.1. The maximum atomic E-state index is 9.87. The lowest BCUT2D eigenvalue weighted by atomic mass is 10.1. The summed E-state index contributed by atoms with van der Waals surface area (Å²) < 4.78 is 1.16. The van der Waals surface area contributed by atoms with Gasteiger partial charge in [0.05, 0.1) is 21.3 Å². The Morgan fingerprint density at radius 2 is 2.31 bits per heavy atom. The van der Waals surface area contributed by atoms with Gasteiger partial charge in [0, 0.05) is 6.54 Å². The molecule has 0 radical (unpaired) electrons. The van der Waals surface area contributed by atoms with Gasteiger partial charge in [-0.2, -0.15) is 0 Å². The van der Waals surface area contributed by atoms with E-state index in [1.165, 1.54) is 0 Å². The van der Waals surface area contributed by atoms with Crippen molar-refractivity contribution in [3.05, 3.63) is 28.8 Å². The zero-order valence-corrected chi connectivity index (χ0v) is 10.3. The van der Waals surface area contributed by atoms with Gasteiger partial charge >= 0.3 is 0 Å². The Labute approximate surface area is 99.1 Å². The molecule has 0 saturated heterocycles. The molecular formula is C12H16N2OS. The Morgan fingerprint density at radius 3 is 3.00 bits per heavy atom. The molecule has 1 aromatic carbocycles. The van der Waals surface area contributed by atoms with E-state index in [4.69, 9.17) is 0 Å². The quantitative estimate of drug-likeness (QED) is 0.854. The summed E-state index contributed by atoms with van der Waals surface area (Å²) in [5.74, 6) is 0. The Hall–Kier alpha value is -0.970. The number of hydrogen-bond acceptors (Lipinski definition) is 4. The maximum Gasteiger partial charge on any atom is 0.0935 e. The third-order valence-corrected chi connectivity index (χ3v) is 3.70. The molecule has 0 amide bonds. The predicted octanol–water partition coefficient (Wildman–Crippen LogP) is 2.11. The van der Waals surface area contributed by atoms with E-state index >= 15 is 0 Å². The molecule has 0 aliphatic heterocycles. The van der Waals surface area contributed by atoms with Crippen LogP contribution < -0.4 is 5.32 Å². The summed E-state index contributed by atoms with van der Waals surface area (Å²) in [5.41, 5.74) is 1.98. The van der Waals surface area contributed by atoms with Crippen molar-refractivity contribution in [2.24, 2.45) is 0 Å². The van der Waals surface area contributed by atoms with Crippen LogP contribution in [0, 0.1) is 0 Å². The number of rotatable bonds is 4. The molecule has 0 fully saturated rings. The van der Waals surface area contributed by atoms with Gasteiger partial charge in [-0.15, -0.1) is 11.3 Å². The topological polar surface area (TPSA) is 45.2 Å². The first-order valence-corrected chi connectivity index (χ1v) is 6.28. The summed E-state index contributed by atoms with van der Waals surface area (Å²) >= 11 is 1.70. The van der Waals surface area contributed by atoms with Crippen molar-refractivity contribution in [3.8, 4) is 0 Å². The normalized spacial score (nSPS) is 13.2. The lowest BCUT2D eigenvalue weighted by Crippen LogP contribution is -2.16. The number of aliphatic hydroxyl groups excluding tert-OH is 1. The highest BCUT2D eigenvalue weighted by molar-refractivity contribution is 7.18. The van der Waals surface area contributed by atoms with Crippen molar-refractivity contribution in [1.29, 1.82) is 0 Å². The summed E-state index contributed by atoms with van der Waals surface area (Å²) in [6, 6.07) is 5.97. The highest BCUT2D eigenvalue weighted by Gasteiger charge is 2.09. The fraction of sp³-hybridized carbons (Fsp3) is 0.417. The molecule has 2 aromatic rings. The average molecular weight is 236 g/mol. The Kier molecular flexibility index (Phi) is 3.53. The number of nitrogens with zero attached hydrogens (tertiary/aromatic N) is 1. The third kappa shape index (κ3) is 2.24. The number of likely N-dealkylation sites (N-methyl/N-ethyl adjacent to an activating group) is 1. The zero-order valence-electron chi connectivity index (χ0n) is 9.53. The van der Waals surface area contributed by atoms with Crippen molar-refractivity contribution in [2.75, 3.05) is 13.6 Å². The summed E-state index contributed by atoms with van der Waals surface area (Å²) in [5, 5.41) is 14.0. The van der Waals surface area contributed by atoms with E-state index in [0.29, 0.717) is 6.54 Å². The minimum atomic E-state index is -0.443. The van der Waals surface area contributed by atoms with E-state index in [2.05, 4.69) is 17.2 Å². The molecule has 1 unspecified atom stereocenters. The van der Waals surface area contributed by atoms with Crippen LogP contribution >= 0.6 is 11.3 Å². The van der Waals surface area contributed by atoms with Crippen molar-refractivity contribution in [3.63, 3.8) is 0 Å². The summed E-state index contributed by atoms with van der Waals surface area (Å²) in [7, 11) is 1.84. The zero-order chi connectivity index (χ0) is 11.5. The molecule has 1 heterocycles. The van der Waals surface area contributed by atoms with Gasteiger partial charge in [-0.05, 0) is 31.2 Å². The molecule has 0 spiro atoms. The van der Waals surface area contributed by atoms with E-state index in [0.717, 1.165) is 27.2 Å². The van der Waals surface area contributed by atoms with E-state index < -0.39 is 6.10 Å². The Morgan fingerprint density at radius 1 is 1.50 bits per heavy atom. The Balaban J connectivity index is 2.35. The number of aromatic nitrogens is 1. The molecule has 3 nitrogen and oxygen atoms in total. The van der Waals surface area contributed by atoms with Gasteiger partial charge in [-0.1, -0.05) is 13.0 Å². The molecule has 2 N–H and O–H groups in total. The largest absolute Gasteiger partial charge is 0.387 e. The van der Waals surface area contributed by atoms with Crippen LogP contribution in [0.5, 0.6) is 0 Å². The molecule has 2 rings (SSSR count). The Bertz CT molecular complexity index is 481. The second-order valence-corrected chi connectivity index (χ2v) is 4.88. The minimum absolute atomic E-state index is 0.443. The fourth-order valence-corrected chi connectivity index (χ4v) is 2.61. The van der Waals surface area contributed by atoms with Gasteiger partial charge in [0.2, 0.25) is 0 Å². The first-order valence-electron chi connectivity index (χ1n) is 5.46. The number of benzene rings is 1. The first kappa shape index (κ1) is 11.5. The number of nitrogens with one attached hydrogen (secondary N) is 1. The molecule has 0 aliphatic carbocycles. The highest BCUT2D eigenvalue weighted by Crippen LogP contribution is 2.25. The molecule has 86 valence electrons. The number of aliphatic hydroxyl groups is 1. The number of aryl methyl sites for hydroxylation is 1. The summed E-state index contributed by atoms with van der Waals surface area (Å²) in [6.45, 7) is 2.68. The second-order valence-electron chi connectivity index (χ2n) is 3.76. The second kappa shape index (κ2) is 4.91. The molecule has 1 aromatic heterocycles. The van der Waals surface area contributed by atoms with Crippen molar-refractivity contribution in [1.82, 2.24) is 10.3 Å². The maximum absolute atomic E-state index is 9.87. The molecule has 16 heavy (non-hydrogen) atoms. The van der Waals surface area contributed by atoms with Gasteiger partial charge in [0.15, 0.2) is 0 Å². The van der Waals surface area contributed by atoms with Crippen LogP contribution in [0.3, 0.4) is 0 Å². The van der Waals surface area contributed by atoms with Crippen molar-refractivity contribution in [2.45, 2.75) is 19.4 Å². The van der Waals surface area contributed by atoms with Crippen molar-refractivity contribution < 1.29 is 5.11 Å². The monoisotopic (exact) mass is 236 g/mol. The standard InChI is InChI=1S/C12H16N2OS/c1-3-12-14-9-5-4-8(6-11(9)16-12)10(15)7-13-2/h4-6,10,13,15H,3,7H2,1-2H3. The van der Waals surface area contributed by atoms with Crippen LogP contribution in [0.2, 0.25) is 0 Å². The van der Waals surface area contributed by atoms with Gasteiger partial charge in [-0.25, -0.2) is 4.98 Å². The van der Waals surface area contributed by atoms with Crippen LogP contribution in [0.15, 0.2) is 18.2 Å². The lowest BCUT2D eigenvalue weighted by molar-refractivity contribution is 0.178. The van der Waals surface area contributed by atoms with Crippen LogP contribution in [0.4, 0.5) is 0 Å². The van der Waals surface area contributed by atoms with Gasteiger partial charge < -0.3 is 10.4 Å². The number of fused-ring (bicyclic) bond motifs is 1. The van der Waals surface area contributed by atoms with Crippen LogP contribution in [-0.4, -0.2) is 23.7 Å². The van der Waals surface area contributed by atoms with E-state index in [-0.39, 0.29) is 0 Å². The minimum Gasteiger partial charge on any atom is -0.387 e. The number of thiazole rings is 1. The average Bonchev–Trinajstić information content (AvgIpc) is 2.70. The van der Waals surface area contributed by atoms with Gasteiger partial charge in [-0.3, -0.25) is 0 Å². The fourth-order valence-electron chi connectivity index (χ4n) is 1.66. The summed E-state index contributed by atoms with van der Waals surface area (Å²) in [6.07, 6.45) is 0.523. The lowest BCUT2D eigenvalue weighted by Gasteiger charge is -2.09. The molecule has 1 atom stereocenters. The molecular weight excluding hydrogens is 220 g/mol. The van der Waals surface area contributed by atoms with Gasteiger partial charge in [0.25, 0.3) is 0 Å². The third-order valence-electron chi connectivity index (χ3n) is 2.54. The molecule has 0 bridgehead atoms.